The van der Waals surface area contributed by atoms with E-state index < -0.39 is 0 Å². The van der Waals surface area contributed by atoms with Gasteiger partial charge in [-0.1, -0.05) is 0 Å². The quantitative estimate of drug-likeness (QED) is 0.865. The molecule has 1 aromatic heterocycles. The van der Waals surface area contributed by atoms with Gasteiger partial charge in [0, 0.05) is 38.6 Å². The molecule has 0 radical (unpaired) electrons. The number of nitrogens with zero attached hydrogens (tertiary/aromatic N) is 4. The summed E-state index contributed by atoms with van der Waals surface area (Å²) in [5.74, 6) is -0.0218. The number of rotatable bonds is 4. The fourth-order valence-corrected chi connectivity index (χ4v) is 2.03. The second-order valence-electron chi connectivity index (χ2n) is 5.17. The lowest BCUT2D eigenvalue weighted by Crippen LogP contribution is -2.30. The smallest absolute Gasteiger partial charge is 0.254 e. The summed E-state index contributed by atoms with van der Waals surface area (Å²) in [6.07, 6.45) is 3.18. The van der Waals surface area contributed by atoms with Crippen LogP contribution < -0.4 is 4.90 Å². The predicted molar refractivity (Wildman–Crippen MR) is 83.3 cm³/mol. The molecule has 0 bridgehead atoms. The lowest BCUT2D eigenvalue weighted by Gasteiger charge is -2.24. The van der Waals surface area contributed by atoms with Gasteiger partial charge in [0.15, 0.2) is 0 Å². The van der Waals surface area contributed by atoms with Crippen molar-refractivity contribution in [1.29, 1.82) is 0 Å². The maximum atomic E-state index is 12.5. The van der Waals surface area contributed by atoms with Gasteiger partial charge in [0.25, 0.3) is 5.91 Å². The first-order valence-corrected chi connectivity index (χ1v) is 6.81. The van der Waals surface area contributed by atoms with Crippen molar-refractivity contribution < 1.29 is 4.79 Å². The number of benzene rings is 1. The molecule has 1 aromatic carbocycles. The highest BCUT2D eigenvalue weighted by atomic mass is 16.2. The summed E-state index contributed by atoms with van der Waals surface area (Å²) in [6.45, 7) is 1.95. The fraction of sp³-hybridized carbons (Fsp3) is 0.312. The van der Waals surface area contributed by atoms with E-state index in [2.05, 4.69) is 9.97 Å². The van der Waals surface area contributed by atoms with Crippen LogP contribution in [0.25, 0.3) is 0 Å². The van der Waals surface area contributed by atoms with Crippen LogP contribution in [0.5, 0.6) is 0 Å². The molecule has 0 aliphatic heterocycles. The zero-order chi connectivity index (χ0) is 15.4. The molecule has 0 fully saturated rings. The number of carbonyl (C=O) groups excluding carboxylic acids is 1. The van der Waals surface area contributed by atoms with Crippen molar-refractivity contribution in [3.63, 3.8) is 0 Å². The van der Waals surface area contributed by atoms with Crippen LogP contribution in [0.1, 0.15) is 29.0 Å². The largest absolute Gasteiger partial charge is 0.378 e. The first-order valence-electron chi connectivity index (χ1n) is 6.81. The average Bonchev–Trinajstić information content (AvgIpc) is 2.53. The summed E-state index contributed by atoms with van der Waals surface area (Å²) >= 11 is 0. The maximum Gasteiger partial charge on any atom is 0.254 e. The van der Waals surface area contributed by atoms with Gasteiger partial charge in [-0.2, -0.15) is 0 Å². The Bertz CT molecular complexity index is 595. The van der Waals surface area contributed by atoms with Gasteiger partial charge in [-0.05, 0) is 37.3 Å². The van der Waals surface area contributed by atoms with Crippen LogP contribution in [0.4, 0.5) is 5.69 Å². The zero-order valence-electron chi connectivity index (χ0n) is 12.8. The average molecular weight is 284 g/mol. The van der Waals surface area contributed by atoms with E-state index in [4.69, 9.17) is 0 Å². The molecule has 110 valence electrons. The second-order valence-corrected chi connectivity index (χ2v) is 5.17. The molecular weight excluding hydrogens is 264 g/mol. The van der Waals surface area contributed by atoms with Gasteiger partial charge >= 0.3 is 0 Å². The number of anilines is 1. The fourth-order valence-electron chi connectivity index (χ4n) is 2.03. The van der Waals surface area contributed by atoms with Gasteiger partial charge in [-0.15, -0.1) is 0 Å². The molecule has 1 atom stereocenters. The third-order valence-corrected chi connectivity index (χ3v) is 3.56. The lowest BCUT2D eigenvalue weighted by atomic mass is 10.1. The van der Waals surface area contributed by atoms with E-state index in [0.717, 1.165) is 11.4 Å². The molecule has 1 heterocycles. The molecule has 0 aliphatic carbocycles. The van der Waals surface area contributed by atoms with E-state index in [9.17, 15) is 4.79 Å². The van der Waals surface area contributed by atoms with E-state index in [1.807, 2.05) is 56.3 Å². The van der Waals surface area contributed by atoms with E-state index in [1.165, 1.54) is 6.33 Å². The summed E-state index contributed by atoms with van der Waals surface area (Å²) in [5.41, 5.74) is 2.56. The number of hydrogen-bond donors (Lipinski definition) is 0. The number of carbonyl (C=O) groups is 1. The number of hydrogen-bond acceptors (Lipinski definition) is 4. The molecule has 0 unspecified atom stereocenters. The van der Waals surface area contributed by atoms with Gasteiger partial charge in [0.05, 0.1) is 11.7 Å². The molecule has 2 rings (SSSR count). The third-order valence-electron chi connectivity index (χ3n) is 3.56. The van der Waals surface area contributed by atoms with Gasteiger partial charge in [0.1, 0.15) is 6.33 Å². The van der Waals surface area contributed by atoms with Crippen molar-refractivity contribution in [2.24, 2.45) is 0 Å². The first kappa shape index (κ1) is 15.0. The Balaban J connectivity index is 2.15. The summed E-state index contributed by atoms with van der Waals surface area (Å²) < 4.78 is 0. The van der Waals surface area contributed by atoms with E-state index >= 15 is 0 Å². The Morgan fingerprint density at radius 3 is 2.29 bits per heavy atom. The number of aromatic nitrogens is 2. The van der Waals surface area contributed by atoms with Crippen LogP contribution >= 0.6 is 0 Å². The molecular formula is C16H20N4O. The Morgan fingerprint density at radius 1 is 1.10 bits per heavy atom. The van der Waals surface area contributed by atoms with E-state index in [-0.39, 0.29) is 11.9 Å². The predicted octanol–water partition coefficient (Wildman–Crippen LogP) is 2.38. The molecule has 5 nitrogen and oxygen atoms in total. The molecule has 1 amide bonds. The SMILES string of the molecule is C[C@@H](c1ccncn1)N(C)C(=O)c1ccc(N(C)C)cc1. The van der Waals surface area contributed by atoms with E-state index in [1.54, 1.807) is 18.1 Å². The molecule has 0 aliphatic rings. The summed E-state index contributed by atoms with van der Waals surface area (Å²) in [4.78, 5) is 24.3. The van der Waals surface area contributed by atoms with E-state index in [0.29, 0.717) is 5.56 Å². The molecule has 0 N–H and O–H groups in total. The molecule has 0 saturated carbocycles. The van der Waals surface area contributed by atoms with Crippen LogP contribution in [0, 0.1) is 0 Å². The second kappa shape index (κ2) is 6.35. The van der Waals surface area contributed by atoms with Crippen LogP contribution in [-0.4, -0.2) is 41.9 Å². The minimum atomic E-state index is -0.103. The van der Waals surface area contributed by atoms with Crippen LogP contribution in [-0.2, 0) is 0 Å². The monoisotopic (exact) mass is 284 g/mol. The molecule has 21 heavy (non-hydrogen) atoms. The topological polar surface area (TPSA) is 49.3 Å². The van der Waals surface area contributed by atoms with Gasteiger partial charge < -0.3 is 9.80 Å². The van der Waals surface area contributed by atoms with Gasteiger partial charge in [-0.3, -0.25) is 4.79 Å². The summed E-state index contributed by atoms with van der Waals surface area (Å²) in [6, 6.07) is 9.30. The highest BCUT2D eigenvalue weighted by Gasteiger charge is 2.19. The van der Waals surface area contributed by atoms with Crippen LogP contribution in [0.3, 0.4) is 0 Å². The normalized spacial score (nSPS) is 11.8. The lowest BCUT2D eigenvalue weighted by molar-refractivity contribution is 0.0739. The summed E-state index contributed by atoms with van der Waals surface area (Å²) in [5, 5.41) is 0. The Kier molecular flexibility index (Phi) is 4.52. The van der Waals surface area contributed by atoms with Crippen molar-refractivity contribution in [3.8, 4) is 0 Å². The Labute approximate surface area is 125 Å². The Hall–Kier alpha value is -2.43. The van der Waals surface area contributed by atoms with Crippen LogP contribution in [0.2, 0.25) is 0 Å². The highest BCUT2D eigenvalue weighted by molar-refractivity contribution is 5.94. The first-order chi connectivity index (χ1) is 10.0. The molecule has 2 aromatic rings. The zero-order valence-corrected chi connectivity index (χ0v) is 12.8. The maximum absolute atomic E-state index is 12.5. The highest BCUT2D eigenvalue weighted by Crippen LogP contribution is 2.19. The molecule has 0 saturated heterocycles. The van der Waals surface area contributed by atoms with Crippen molar-refractivity contribution in [2.75, 3.05) is 26.0 Å². The minimum Gasteiger partial charge on any atom is -0.378 e. The standard InChI is InChI=1S/C16H20N4O/c1-12(15-9-10-17-11-18-15)20(4)16(21)13-5-7-14(8-6-13)19(2)3/h5-12H,1-4H3/t12-/m0/s1. The van der Waals surface area contributed by atoms with Crippen molar-refractivity contribution in [1.82, 2.24) is 14.9 Å². The third kappa shape index (κ3) is 3.37. The van der Waals surface area contributed by atoms with Gasteiger partial charge in [-0.25, -0.2) is 9.97 Å². The summed E-state index contributed by atoms with van der Waals surface area (Å²) in [7, 11) is 5.73. The minimum absolute atomic E-state index is 0.0218. The molecule has 5 heteroatoms. The van der Waals surface area contributed by atoms with Crippen molar-refractivity contribution in [2.45, 2.75) is 13.0 Å². The van der Waals surface area contributed by atoms with Crippen LogP contribution in [0.15, 0.2) is 42.9 Å². The molecule has 0 spiro atoms. The van der Waals surface area contributed by atoms with Crippen molar-refractivity contribution >= 4 is 11.6 Å². The van der Waals surface area contributed by atoms with Crippen molar-refractivity contribution in [3.05, 3.63) is 54.1 Å². The Morgan fingerprint density at radius 2 is 1.76 bits per heavy atom. The van der Waals surface area contributed by atoms with Gasteiger partial charge in [0.2, 0.25) is 0 Å². The number of amides is 1.